The van der Waals surface area contributed by atoms with Crippen LogP contribution in [0.1, 0.15) is 28.9 Å². The number of nitrogens with zero attached hydrogens (tertiary/aromatic N) is 4. The molecular weight excluding hydrogens is 350 g/mol. The quantitative estimate of drug-likeness (QED) is 0.827. The summed E-state index contributed by atoms with van der Waals surface area (Å²) in [4.78, 5) is 5.28. The van der Waals surface area contributed by atoms with Crippen molar-refractivity contribution in [2.75, 3.05) is 46.4 Å². The van der Waals surface area contributed by atoms with Crippen LogP contribution >= 0.6 is 0 Å². The Labute approximate surface area is 168 Å². The third-order valence-corrected chi connectivity index (χ3v) is 6.32. The molecule has 3 heterocycles. The first-order valence-electron chi connectivity index (χ1n) is 10.5. The normalized spacial score (nSPS) is 21.3. The molecule has 2 aromatic rings. The number of nitrogens with one attached hydrogen (secondary N) is 1. The highest BCUT2D eigenvalue weighted by molar-refractivity contribution is 5.29. The molecule has 0 bridgehead atoms. The van der Waals surface area contributed by atoms with E-state index in [1.54, 1.807) is 7.11 Å². The second-order valence-corrected chi connectivity index (χ2v) is 8.12. The van der Waals surface area contributed by atoms with Gasteiger partial charge in [0.15, 0.2) is 0 Å². The Balaban J connectivity index is 1.39. The molecule has 0 amide bonds. The molecule has 1 N–H and O–H groups in total. The molecule has 4 rings (SSSR count). The SMILES string of the molecule is COc1ccc(Cn2nc(C)c(CN3CCC(N4CCNCC4)C3)c2C)cc1. The minimum atomic E-state index is 0.719. The predicted molar refractivity (Wildman–Crippen MR) is 112 cm³/mol. The lowest BCUT2D eigenvalue weighted by Crippen LogP contribution is -2.49. The third kappa shape index (κ3) is 4.24. The topological polar surface area (TPSA) is 45.6 Å². The second kappa shape index (κ2) is 8.64. The van der Waals surface area contributed by atoms with Crippen LogP contribution in [-0.4, -0.2) is 72.0 Å². The standard InChI is InChI=1S/C22H33N5O/c1-17-22(16-25-11-8-20(15-25)26-12-9-23-10-13-26)18(2)27(24-17)14-19-4-6-21(28-3)7-5-19/h4-7,20,23H,8-16H2,1-3H3. The van der Waals surface area contributed by atoms with Crippen LogP contribution in [0.3, 0.4) is 0 Å². The average molecular weight is 384 g/mol. The molecule has 1 aromatic heterocycles. The molecule has 2 fully saturated rings. The fraction of sp³-hybridized carbons (Fsp3) is 0.591. The van der Waals surface area contributed by atoms with Crippen molar-refractivity contribution in [2.45, 2.75) is 39.4 Å². The van der Waals surface area contributed by atoms with Crippen molar-refractivity contribution in [3.63, 3.8) is 0 Å². The Morgan fingerprint density at radius 1 is 1.07 bits per heavy atom. The molecule has 6 nitrogen and oxygen atoms in total. The molecule has 1 aromatic carbocycles. The van der Waals surface area contributed by atoms with Crippen LogP contribution in [-0.2, 0) is 13.1 Å². The maximum absolute atomic E-state index is 5.26. The number of ether oxygens (including phenoxy) is 1. The Bertz CT molecular complexity index is 779. The number of aryl methyl sites for hydroxylation is 1. The van der Waals surface area contributed by atoms with Gasteiger partial charge in [-0.05, 0) is 38.0 Å². The fourth-order valence-corrected chi connectivity index (χ4v) is 4.55. The van der Waals surface area contributed by atoms with Gasteiger partial charge in [0.25, 0.3) is 0 Å². The zero-order valence-corrected chi connectivity index (χ0v) is 17.4. The van der Waals surface area contributed by atoms with E-state index in [2.05, 4.69) is 45.8 Å². The smallest absolute Gasteiger partial charge is 0.118 e. The first-order chi connectivity index (χ1) is 13.6. The molecule has 2 aliphatic rings. The van der Waals surface area contributed by atoms with Crippen LogP contribution in [0.2, 0.25) is 0 Å². The second-order valence-electron chi connectivity index (χ2n) is 8.12. The molecule has 152 valence electrons. The molecule has 2 aliphatic heterocycles. The molecule has 0 radical (unpaired) electrons. The molecular formula is C22H33N5O. The van der Waals surface area contributed by atoms with Crippen molar-refractivity contribution in [2.24, 2.45) is 0 Å². The van der Waals surface area contributed by atoms with Crippen LogP contribution in [0, 0.1) is 13.8 Å². The molecule has 2 saturated heterocycles. The van der Waals surface area contributed by atoms with Crippen molar-refractivity contribution < 1.29 is 4.74 Å². The van der Waals surface area contributed by atoms with E-state index in [1.807, 2.05) is 12.1 Å². The summed E-state index contributed by atoms with van der Waals surface area (Å²) in [6, 6.07) is 8.99. The summed E-state index contributed by atoms with van der Waals surface area (Å²) in [6.45, 7) is 13.2. The van der Waals surface area contributed by atoms with E-state index in [9.17, 15) is 0 Å². The van der Waals surface area contributed by atoms with Gasteiger partial charge in [0.05, 0.1) is 19.3 Å². The summed E-state index contributed by atoms with van der Waals surface area (Å²) >= 11 is 0. The minimum Gasteiger partial charge on any atom is -0.497 e. The third-order valence-electron chi connectivity index (χ3n) is 6.32. The van der Waals surface area contributed by atoms with Gasteiger partial charge in [0.1, 0.15) is 5.75 Å². The van der Waals surface area contributed by atoms with Gasteiger partial charge in [-0.25, -0.2) is 0 Å². The van der Waals surface area contributed by atoms with E-state index < -0.39 is 0 Å². The maximum atomic E-state index is 5.26. The summed E-state index contributed by atoms with van der Waals surface area (Å²) in [5.74, 6) is 0.894. The molecule has 0 aliphatic carbocycles. The van der Waals surface area contributed by atoms with Crippen molar-refractivity contribution in [1.29, 1.82) is 0 Å². The van der Waals surface area contributed by atoms with Crippen molar-refractivity contribution in [3.8, 4) is 5.75 Å². The number of benzene rings is 1. The first kappa shape index (κ1) is 19.4. The maximum Gasteiger partial charge on any atom is 0.118 e. The molecule has 1 atom stereocenters. The number of hydrogen-bond acceptors (Lipinski definition) is 5. The van der Waals surface area contributed by atoms with Gasteiger partial charge >= 0.3 is 0 Å². The number of rotatable bonds is 6. The van der Waals surface area contributed by atoms with Gasteiger partial charge in [-0.1, -0.05) is 12.1 Å². The zero-order chi connectivity index (χ0) is 19.5. The highest BCUT2D eigenvalue weighted by Crippen LogP contribution is 2.22. The molecule has 28 heavy (non-hydrogen) atoms. The molecule has 0 spiro atoms. The van der Waals surface area contributed by atoms with Crippen LogP contribution < -0.4 is 10.1 Å². The van der Waals surface area contributed by atoms with E-state index in [4.69, 9.17) is 9.84 Å². The number of likely N-dealkylation sites (tertiary alicyclic amines) is 1. The molecule has 0 saturated carbocycles. The van der Waals surface area contributed by atoms with Crippen molar-refractivity contribution in [3.05, 3.63) is 46.8 Å². The van der Waals surface area contributed by atoms with Crippen molar-refractivity contribution >= 4 is 0 Å². The summed E-state index contributed by atoms with van der Waals surface area (Å²) in [5.41, 5.74) is 5.10. The lowest BCUT2D eigenvalue weighted by molar-refractivity contribution is 0.170. The van der Waals surface area contributed by atoms with E-state index in [-0.39, 0.29) is 0 Å². The lowest BCUT2D eigenvalue weighted by atomic mass is 10.1. The predicted octanol–water partition coefficient (Wildman–Crippen LogP) is 2.04. The van der Waals surface area contributed by atoms with Crippen LogP contribution in [0.25, 0.3) is 0 Å². The lowest BCUT2D eigenvalue weighted by Gasteiger charge is -2.32. The molecule has 1 unspecified atom stereocenters. The fourth-order valence-electron chi connectivity index (χ4n) is 4.55. The number of piperazine rings is 1. The van der Waals surface area contributed by atoms with Crippen LogP contribution in [0.15, 0.2) is 24.3 Å². The summed E-state index contributed by atoms with van der Waals surface area (Å²) in [6.07, 6.45) is 1.29. The van der Waals surface area contributed by atoms with Gasteiger partial charge in [0, 0.05) is 63.1 Å². The largest absolute Gasteiger partial charge is 0.497 e. The summed E-state index contributed by atoms with van der Waals surface area (Å²) in [5, 5.41) is 8.30. The minimum absolute atomic E-state index is 0.719. The Morgan fingerprint density at radius 3 is 2.54 bits per heavy atom. The van der Waals surface area contributed by atoms with Crippen LogP contribution in [0.5, 0.6) is 5.75 Å². The van der Waals surface area contributed by atoms with E-state index in [0.717, 1.165) is 43.7 Å². The van der Waals surface area contributed by atoms with Crippen LogP contribution in [0.4, 0.5) is 0 Å². The number of hydrogen-bond donors (Lipinski definition) is 1. The zero-order valence-electron chi connectivity index (χ0n) is 17.4. The summed E-state index contributed by atoms with van der Waals surface area (Å²) in [7, 11) is 1.70. The molecule has 6 heteroatoms. The monoisotopic (exact) mass is 383 g/mol. The average Bonchev–Trinajstić information content (AvgIpc) is 3.30. The number of aromatic nitrogens is 2. The number of methoxy groups -OCH3 is 1. The van der Waals surface area contributed by atoms with E-state index in [0.29, 0.717) is 0 Å². The van der Waals surface area contributed by atoms with Gasteiger partial charge in [-0.2, -0.15) is 5.10 Å². The van der Waals surface area contributed by atoms with E-state index in [1.165, 1.54) is 49.4 Å². The van der Waals surface area contributed by atoms with Gasteiger partial charge in [-0.3, -0.25) is 14.5 Å². The summed E-state index contributed by atoms with van der Waals surface area (Å²) < 4.78 is 7.41. The van der Waals surface area contributed by atoms with Gasteiger partial charge in [-0.15, -0.1) is 0 Å². The first-order valence-corrected chi connectivity index (χ1v) is 10.5. The highest BCUT2D eigenvalue weighted by atomic mass is 16.5. The van der Waals surface area contributed by atoms with E-state index >= 15 is 0 Å². The van der Waals surface area contributed by atoms with Gasteiger partial charge < -0.3 is 10.1 Å². The Hall–Kier alpha value is -1.89. The van der Waals surface area contributed by atoms with Crippen molar-refractivity contribution in [1.82, 2.24) is 24.9 Å². The van der Waals surface area contributed by atoms with Gasteiger partial charge in [0.2, 0.25) is 0 Å². The highest BCUT2D eigenvalue weighted by Gasteiger charge is 2.29. The Kier molecular flexibility index (Phi) is 5.99. The Morgan fingerprint density at radius 2 is 1.82 bits per heavy atom.